The highest BCUT2D eigenvalue weighted by Crippen LogP contribution is 2.21. The molecule has 3 aromatic rings. The maximum atomic E-state index is 12.9. The lowest BCUT2D eigenvalue weighted by molar-refractivity contribution is 0.404. The fourth-order valence-corrected chi connectivity index (χ4v) is 3.26. The van der Waals surface area contributed by atoms with E-state index in [-0.39, 0.29) is 13.1 Å². The summed E-state index contributed by atoms with van der Waals surface area (Å²) in [6, 6.07) is 15.0. The number of rotatable bonds is 6. The van der Waals surface area contributed by atoms with Crippen LogP contribution >= 0.6 is 23.2 Å². The van der Waals surface area contributed by atoms with Gasteiger partial charge in [0.05, 0.1) is 19.2 Å². The second-order valence-corrected chi connectivity index (χ2v) is 7.40. The van der Waals surface area contributed by atoms with E-state index in [9.17, 15) is 14.7 Å². The van der Waals surface area contributed by atoms with Gasteiger partial charge in [0.25, 0.3) is 5.56 Å². The maximum absolute atomic E-state index is 12.9. The Hall–Kier alpha value is -3.02. The van der Waals surface area contributed by atoms with Gasteiger partial charge in [-0.15, -0.1) is 0 Å². The van der Waals surface area contributed by atoms with Gasteiger partial charge in [-0.05, 0) is 46.5 Å². The van der Waals surface area contributed by atoms with Crippen molar-refractivity contribution in [3.63, 3.8) is 0 Å². The fraction of sp³-hybridized carbons (Fsp3) is 0.0909. The number of benzene rings is 2. The molecule has 0 unspecified atom stereocenters. The summed E-state index contributed by atoms with van der Waals surface area (Å²) in [6.45, 7) is 7.87. The second-order valence-electron chi connectivity index (χ2n) is 6.52. The first-order valence-electron chi connectivity index (χ1n) is 8.67. The predicted molar refractivity (Wildman–Crippen MR) is 118 cm³/mol. The third kappa shape index (κ3) is 4.70. The van der Waals surface area contributed by atoms with Crippen molar-refractivity contribution in [1.82, 2.24) is 9.13 Å². The van der Waals surface area contributed by atoms with E-state index in [1.807, 2.05) is 0 Å². The minimum absolute atomic E-state index is 0.00503. The van der Waals surface area contributed by atoms with Crippen LogP contribution in [0.15, 0.2) is 77.3 Å². The fourth-order valence-electron chi connectivity index (χ4n) is 2.88. The van der Waals surface area contributed by atoms with Gasteiger partial charge in [0.2, 0.25) is 5.88 Å². The van der Waals surface area contributed by atoms with Gasteiger partial charge in [0, 0.05) is 10.0 Å². The van der Waals surface area contributed by atoms with Crippen LogP contribution in [0.1, 0.15) is 11.1 Å². The summed E-state index contributed by atoms with van der Waals surface area (Å²) in [6.07, 6.45) is 0. The number of nitrogens with zero attached hydrogens (tertiary/aromatic N) is 2. The van der Waals surface area contributed by atoms with Crippen LogP contribution in [-0.2, 0) is 13.1 Å². The van der Waals surface area contributed by atoms with E-state index in [0.29, 0.717) is 26.8 Å². The third-order valence-corrected chi connectivity index (χ3v) is 4.89. The standard InChI is InChI=1S/C22H18Cl2N2O3/c1-14(16-5-3-7-18(23)9-16)12-25-20(27)11-21(28)26(22(25)29)13-15(2)17-6-4-8-19(24)10-17/h3-11,27H,1-2,12-13H2. The molecule has 0 atom stereocenters. The van der Waals surface area contributed by atoms with Crippen molar-refractivity contribution in [3.05, 3.63) is 110 Å². The molecule has 0 saturated heterocycles. The minimum Gasteiger partial charge on any atom is -0.494 e. The van der Waals surface area contributed by atoms with Crippen LogP contribution in [0.2, 0.25) is 10.0 Å². The Morgan fingerprint density at radius 2 is 1.31 bits per heavy atom. The second kappa shape index (κ2) is 8.55. The highest BCUT2D eigenvalue weighted by atomic mass is 35.5. The van der Waals surface area contributed by atoms with Gasteiger partial charge < -0.3 is 5.11 Å². The molecule has 0 spiro atoms. The first-order valence-corrected chi connectivity index (χ1v) is 9.43. The number of halogens is 2. The normalized spacial score (nSPS) is 10.7. The highest BCUT2D eigenvalue weighted by molar-refractivity contribution is 6.31. The average molecular weight is 429 g/mol. The molecule has 0 saturated carbocycles. The van der Waals surface area contributed by atoms with Gasteiger partial charge in [-0.25, -0.2) is 4.79 Å². The van der Waals surface area contributed by atoms with Crippen LogP contribution < -0.4 is 11.2 Å². The number of allylic oxidation sites excluding steroid dienone is 2. The Labute approximate surface area is 177 Å². The lowest BCUT2D eigenvalue weighted by Gasteiger charge is -2.15. The molecule has 0 aliphatic carbocycles. The van der Waals surface area contributed by atoms with Crippen LogP contribution in [0.3, 0.4) is 0 Å². The van der Waals surface area contributed by atoms with Crippen LogP contribution in [0.4, 0.5) is 0 Å². The molecule has 0 aliphatic rings. The molecule has 29 heavy (non-hydrogen) atoms. The van der Waals surface area contributed by atoms with Crippen molar-refractivity contribution in [1.29, 1.82) is 0 Å². The third-order valence-electron chi connectivity index (χ3n) is 4.42. The van der Waals surface area contributed by atoms with Crippen molar-refractivity contribution in [2.24, 2.45) is 0 Å². The van der Waals surface area contributed by atoms with E-state index < -0.39 is 17.1 Å². The van der Waals surface area contributed by atoms with Crippen LogP contribution in [-0.4, -0.2) is 14.2 Å². The Kier molecular flexibility index (Phi) is 6.11. The van der Waals surface area contributed by atoms with E-state index in [0.717, 1.165) is 20.8 Å². The first-order chi connectivity index (χ1) is 13.8. The van der Waals surface area contributed by atoms with Gasteiger partial charge in [0.15, 0.2) is 0 Å². The molecule has 148 valence electrons. The average Bonchev–Trinajstić information content (AvgIpc) is 2.68. The first kappa shape index (κ1) is 20.7. The topological polar surface area (TPSA) is 64.2 Å². The van der Waals surface area contributed by atoms with Gasteiger partial charge in [0.1, 0.15) is 0 Å². The van der Waals surface area contributed by atoms with E-state index in [4.69, 9.17) is 23.2 Å². The summed E-state index contributed by atoms with van der Waals surface area (Å²) in [5.74, 6) is -0.437. The molecule has 2 aromatic carbocycles. The Morgan fingerprint density at radius 3 is 1.79 bits per heavy atom. The molecule has 0 radical (unpaired) electrons. The summed E-state index contributed by atoms with van der Waals surface area (Å²) < 4.78 is 2.09. The molecule has 3 rings (SSSR count). The smallest absolute Gasteiger partial charge is 0.334 e. The van der Waals surface area contributed by atoms with E-state index in [2.05, 4.69) is 13.2 Å². The number of aromatic nitrogens is 2. The van der Waals surface area contributed by atoms with Crippen LogP contribution in [0.25, 0.3) is 11.1 Å². The molecule has 5 nitrogen and oxygen atoms in total. The van der Waals surface area contributed by atoms with Crippen molar-refractivity contribution in [2.45, 2.75) is 13.1 Å². The Bertz CT molecular complexity index is 1230. The molecule has 0 bridgehead atoms. The summed E-state index contributed by atoms with van der Waals surface area (Å²) >= 11 is 12.0. The van der Waals surface area contributed by atoms with Crippen molar-refractivity contribution >= 4 is 34.3 Å². The van der Waals surface area contributed by atoms with Crippen molar-refractivity contribution in [2.75, 3.05) is 0 Å². The van der Waals surface area contributed by atoms with E-state index in [1.54, 1.807) is 48.5 Å². The zero-order chi connectivity index (χ0) is 21.1. The quantitative estimate of drug-likeness (QED) is 0.630. The highest BCUT2D eigenvalue weighted by Gasteiger charge is 2.14. The van der Waals surface area contributed by atoms with Gasteiger partial charge in [-0.1, -0.05) is 60.6 Å². The zero-order valence-corrected chi connectivity index (χ0v) is 17.0. The molecule has 1 aromatic heterocycles. The monoisotopic (exact) mass is 428 g/mol. The molecular weight excluding hydrogens is 411 g/mol. The minimum atomic E-state index is -0.665. The summed E-state index contributed by atoms with van der Waals surface area (Å²) in [7, 11) is 0. The Morgan fingerprint density at radius 1 is 0.828 bits per heavy atom. The number of hydrogen-bond acceptors (Lipinski definition) is 3. The van der Waals surface area contributed by atoms with Crippen LogP contribution in [0, 0.1) is 0 Å². The van der Waals surface area contributed by atoms with Crippen LogP contribution in [0.5, 0.6) is 5.88 Å². The molecular formula is C22H18Cl2N2O3. The summed E-state index contributed by atoms with van der Waals surface area (Å²) in [5, 5.41) is 11.2. The number of aromatic hydroxyl groups is 1. The molecule has 0 aliphatic heterocycles. The maximum Gasteiger partial charge on any atom is 0.334 e. The zero-order valence-electron chi connectivity index (χ0n) is 15.4. The van der Waals surface area contributed by atoms with Crippen molar-refractivity contribution < 1.29 is 5.11 Å². The van der Waals surface area contributed by atoms with E-state index >= 15 is 0 Å². The molecule has 7 heteroatoms. The molecule has 0 amide bonds. The van der Waals surface area contributed by atoms with Gasteiger partial charge in [-0.3, -0.25) is 13.9 Å². The SMILES string of the molecule is C=C(Cn1c(O)cc(=O)n(CC(=C)c2cccc(Cl)c2)c1=O)c1cccc(Cl)c1. The van der Waals surface area contributed by atoms with E-state index in [1.165, 1.54) is 0 Å². The lowest BCUT2D eigenvalue weighted by Crippen LogP contribution is -2.39. The number of hydrogen-bond donors (Lipinski definition) is 1. The Balaban J connectivity index is 1.94. The summed E-state index contributed by atoms with van der Waals surface area (Å²) in [5.41, 5.74) is 1.25. The predicted octanol–water partition coefficient (Wildman–Crippen LogP) is 4.45. The lowest BCUT2D eigenvalue weighted by atomic mass is 10.1. The molecule has 0 fully saturated rings. The largest absolute Gasteiger partial charge is 0.494 e. The summed E-state index contributed by atoms with van der Waals surface area (Å²) in [4.78, 5) is 25.2. The van der Waals surface area contributed by atoms with Gasteiger partial charge >= 0.3 is 5.69 Å². The van der Waals surface area contributed by atoms with Gasteiger partial charge in [-0.2, -0.15) is 0 Å². The molecule has 1 heterocycles. The van der Waals surface area contributed by atoms with Crippen molar-refractivity contribution in [3.8, 4) is 5.88 Å². The molecule has 1 N–H and O–H groups in total.